The fraction of sp³-hybridized carbons (Fsp3) is 0.385. The zero-order chi connectivity index (χ0) is 12.0. The molecule has 0 heterocycles. The van der Waals surface area contributed by atoms with Crippen LogP contribution in [-0.4, -0.2) is 13.7 Å². The van der Waals surface area contributed by atoms with E-state index in [-0.39, 0.29) is 6.04 Å². The largest absolute Gasteiger partial charge is 0.493 e. The molecule has 0 aliphatic heterocycles. The van der Waals surface area contributed by atoms with Crippen LogP contribution in [0.4, 0.5) is 0 Å². The van der Waals surface area contributed by atoms with Crippen LogP contribution in [0.2, 0.25) is 0 Å². The van der Waals surface area contributed by atoms with Gasteiger partial charge in [-0.15, -0.1) is 6.58 Å². The Hall–Kier alpha value is -1.48. The number of hydrogen-bond donors (Lipinski definition) is 1. The normalized spacial score (nSPS) is 11.9. The van der Waals surface area contributed by atoms with E-state index in [1.54, 1.807) is 7.11 Å². The molecule has 0 fully saturated rings. The van der Waals surface area contributed by atoms with Crippen molar-refractivity contribution in [3.8, 4) is 11.5 Å². The van der Waals surface area contributed by atoms with Gasteiger partial charge in [0.1, 0.15) is 0 Å². The average Bonchev–Trinajstić information content (AvgIpc) is 2.29. The highest BCUT2D eigenvalue weighted by Gasteiger charge is 2.07. The van der Waals surface area contributed by atoms with Gasteiger partial charge < -0.3 is 15.2 Å². The maximum absolute atomic E-state index is 5.80. The molecule has 0 aliphatic rings. The van der Waals surface area contributed by atoms with Crippen molar-refractivity contribution in [1.29, 1.82) is 0 Å². The highest BCUT2D eigenvalue weighted by molar-refractivity contribution is 5.43. The lowest BCUT2D eigenvalue weighted by Gasteiger charge is -2.13. The van der Waals surface area contributed by atoms with Crippen molar-refractivity contribution in [3.63, 3.8) is 0 Å². The van der Waals surface area contributed by atoms with Crippen molar-refractivity contribution in [2.45, 2.75) is 19.4 Å². The van der Waals surface area contributed by atoms with Gasteiger partial charge in [-0.2, -0.15) is 0 Å². The SMILES string of the molecule is C=CCCOc1ccc([C@H](C)N)cc1OC. The van der Waals surface area contributed by atoms with Gasteiger partial charge in [-0.25, -0.2) is 0 Å². The van der Waals surface area contributed by atoms with E-state index in [9.17, 15) is 0 Å². The molecule has 88 valence electrons. The van der Waals surface area contributed by atoms with E-state index < -0.39 is 0 Å². The maximum Gasteiger partial charge on any atom is 0.161 e. The van der Waals surface area contributed by atoms with Crippen LogP contribution in [0.15, 0.2) is 30.9 Å². The Bertz CT molecular complexity index is 348. The van der Waals surface area contributed by atoms with Gasteiger partial charge in [-0.05, 0) is 31.0 Å². The summed E-state index contributed by atoms with van der Waals surface area (Å²) < 4.78 is 10.8. The molecule has 16 heavy (non-hydrogen) atoms. The molecule has 1 rings (SSSR count). The Morgan fingerprint density at radius 1 is 1.44 bits per heavy atom. The smallest absolute Gasteiger partial charge is 0.161 e. The number of nitrogens with two attached hydrogens (primary N) is 1. The highest BCUT2D eigenvalue weighted by atomic mass is 16.5. The fourth-order valence-electron chi connectivity index (χ4n) is 1.34. The second-order valence-corrected chi connectivity index (χ2v) is 3.62. The predicted molar refractivity (Wildman–Crippen MR) is 65.9 cm³/mol. The predicted octanol–water partition coefficient (Wildman–Crippen LogP) is 2.67. The first-order valence-corrected chi connectivity index (χ1v) is 5.36. The summed E-state index contributed by atoms with van der Waals surface area (Å²) in [7, 11) is 1.63. The summed E-state index contributed by atoms with van der Waals surface area (Å²) in [6.45, 7) is 6.19. The molecule has 2 N–H and O–H groups in total. The first-order chi connectivity index (χ1) is 7.69. The van der Waals surface area contributed by atoms with E-state index in [0.29, 0.717) is 6.61 Å². The lowest BCUT2D eigenvalue weighted by Crippen LogP contribution is -2.06. The molecule has 0 amide bonds. The number of methoxy groups -OCH3 is 1. The first-order valence-electron chi connectivity index (χ1n) is 5.36. The summed E-state index contributed by atoms with van der Waals surface area (Å²) in [5, 5.41) is 0. The third kappa shape index (κ3) is 3.28. The Balaban J connectivity index is 2.80. The Kier molecular flexibility index (Phi) is 4.86. The molecule has 0 aromatic heterocycles. The molecule has 0 aliphatic carbocycles. The monoisotopic (exact) mass is 221 g/mol. The lowest BCUT2D eigenvalue weighted by atomic mass is 10.1. The number of benzene rings is 1. The highest BCUT2D eigenvalue weighted by Crippen LogP contribution is 2.29. The van der Waals surface area contributed by atoms with Crippen LogP contribution in [0.5, 0.6) is 11.5 Å². The Morgan fingerprint density at radius 2 is 2.19 bits per heavy atom. The third-order valence-corrected chi connectivity index (χ3v) is 2.29. The molecule has 1 aromatic rings. The van der Waals surface area contributed by atoms with Gasteiger partial charge in [0, 0.05) is 6.04 Å². The second kappa shape index (κ2) is 6.18. The number of ether oxygens (including phenoxy) is 2. The van der Waals surface area contributed by atoms with Crippen LogP contribution in [0.25, 0.3) is 0 Å². The molecular formula is C13H19NO2. The van der Waals surface area contributed by atoms with Crippen molar-refractivity contribution in [1.82, 2.24) is 0 Å². The molecule has 0 bridgehead atoms. The van der Waals surface area contributed by atoms with E-state index in [4.69, 9.17) is 15.2 Å². The number of rotatable bonds is 6. The van der Waals surface area contributed by atoms with Gasteiger partial charge in [-0.3, -0.25) is 0 Å². The summed E-state index contributed by atoms with van der Waals surface area (Å²) in [5.41, 5.74) is 6.83. The molecule has 3 heteroatoms. The quantitative estimate of drug-likeness (QED) is 0.593. The zero-order valence-corrected chi connectivity index (χ0v) is 9.90. The summed E-state index contributed by atoms with van der Waals surface area (Å²) in [6, 6.07) is 5.75. The van der Waals surface area contributed by atoms with E-state index in [1.165, 1.54) is 0 Å². The summed E-state index contributed by atoms with van der Waals surface area (Å²) in [4.78, 5) is 0. The van der Waals surface area contributed by atoms with Crippen LogP contribution in [-0.2, 0) is 0 Å². The Labute approximate surface area is 96.9 Å². The zero-order valence-electron chi connectivity index (χ0n) is 9.90. The summed E-state index contributed by atoms with van der Waals surface area (Å²) in [5.74, 6) is 1.47. The molecule has 0 spiro atoms. The molecule has 0 saturated carbocycles. The van der Waals surface area contributed by atoms with Crippen LogP contribution >= 0.6 is 0 Å². The minimum atomic E-state index is -0.00359. The van der Waals surface area contributed by atoms with Crippen molar-refractivity contribution >= 4 is 0 Å². The van der Waals surface area contributed by atoms with Gasteiger partial charge in [0.05, 0.1) is 13.7 Å². The molecular weight excluding hydrogens is 202 g/mol. The van der Waals surface area contributed by atoms with E-state index in [2.05, 4.69) is 6.58 Å². The minimum Gasteiger partial charge on any atom is -0.493 e. The van der Waals surface area contributed by atoms with Gasteiger partial charge in [-0.1, -0.05) is 12.1 Å². The van der Waals surface area contributed by atoms with Gasteiger partial charge in [0.25, 0.3) is 0 Å². The van der Waals surface area contributed by atoms with Crippen LogP contribution in [0.3, 0.4) is 0 Å². The van der Waals surface area contributed by atoms with Gasteiger partial charge in [0.2, 0.25) is 0 Å². The lowest BCUT2D eigenvalue weighted by molar-refractivity contribution is 0.299. The van der Waals surface area contributed by atoms with Crippen molar-refractivity contribution in [2.75, 3.05) is 13.7 Å². The van der Waals surface area contributed by atoms with Crippen LogP contribution in [0, 0.1) is 0 Å². The van der Waals surface area contributed by atoms with Crippen LogP contribution in [0.1, 0.15) is 24.9 Å². The van der Waals surface area contributed by atoms with E-state index >= 15 is 0 Å². The average molecular weight is 221 g/mol. The first kappa shape index (κ1) is 12.6. The van der Waals surface area contributed by atoms with Crippen molar-refractivity contribution in [3.05, 3.63) is 36.4 Å². The summed E-state index contributed by atoms with van der Waals surface area (Å²) in [6.07, 6.45) is 2.64. The number of hydrogen-bond acceptors (Lipinski definition) is 3. The molecule has 3 nitrogen and oxygen atoms in total. The summed E-state index contributed by atoms with van der Waals surface area (Å²) >= 11 is 0. The second-order valence-electron chi connectivity index (χ2n) is 3.62. The van der Waals surface area contributed by atoms with Crippen molar-refractivity contribution in [2.24, 2.45) is 5.73 Å². The van der Waals surface area contributed by atoms with E-state index in [1.807, 2.05) is 31.2 Å². The Morgan fingerprint density at radius 3 is 2.75 bits per heavy atom. The molecule has 1 aromatic carbocycles. The van der Waals surface area contributed by atoms with Gasteiger partial charge in [0.15, 0.2) is 11.5 Å². The molecule has 0 radical (unpaired) electrons. The third-order valence-electron chi connectivity index (χ3n) is 2.29. The standard InChI is InChI=1S/C13H19NO2/c1-4-5-8-16-12-7-6-11(10(2)14)9-13(12)15-3/h4,6-7,9-10H,1,5,8,14H2,2-3H3/t10-/m0/s1. The fourth-order valence-corrected chi connectivity index (χ4v) is 1.34. The topological polar surface area (TPSA) is 44.5 Å². The van der Waals surface area contributed by atoms with Crippen molar-refractivity contribution < 1.29 is 9.47 Å². The molecule has 0 unspecified atom stereocenters. The van der Waals surface area contributed by atoms with Gasteiger partial charge >= 0.3 is 0 Å². The van der Waals surface area contributed by atoms with Crippen LogP contribution < -0.4 is 15.2 Å². The maximum atomic E-state index is 5.80. The molecule has 1 atom stereocenters. The molecule has 0 saturated heterocycles. The minimum absolute atomic E-state index is 0.00359. The van der Waals surface area contributed by atoms with E-state index in [0.717, 1.165) is 23.5 Å².